The molecule has 0 atom stereocenters. The molecule has 5 rings (SSSR count). The number of para-hydroxylation sites is 2. The number of aryl methyl sites for hydroxylation is 1. The van der Waals surface area contributed by atoms with Gasteiger partial charge in [0.15, 0.2) is 0 Å². The van der Waals surface area contributed by atoms with E-state index in [1.54, 1.807) is 0 Å². The van der Waals surface area contributed by atoms with Gasteiger partial charge in [0.1, 0.15) is 23.1 Å². The third kappa shape index (κ3) is 2.78. The summed E-state index contributed by atoms with van der Waals surface area (Å²) >= 11 is 0. The van der Waals surface area contributed by atoms with Crippen molar-refractivity contribution in [3.05, 3.63) is 103 Å². The minimum Gasteiger partial charge on any atom is -0.236 e. The lowest BCUT2D eigenvalue weighted by Gasteiger charge is -2.07. The monoisotopic (exact) mass is 378 g/mol. The fraction of sp³-hybridized carbons (Fsp3) is 0.115. The second kappa shape index (κ2) is 6.78. The van der Waals surface area contributed by atoms with Crippen LogP contribution in [0.2, 0.25) is 0 Å². The van der Waals surface area contributed by atoms with Crippen molar-refractivity contribution in [2.75, 3.05) is 0 Å². The van der Waals surface area contributed by atoms with E-state index in [0.29, 0.717) is 0 Å². The molecule has 0 amide bonds. The summed E-state index contributed by atoms with van der Waals surface area (Å²) in [6.45, 7) is 4.35. The van der Waals surface area contributed by atoms with Gasteiger partial charge < -0.3 is 0 Å². The van der Waals surface area contributed by atoms with Crippen molar-refractivity contribution < 1.29 is 4.57 Å². The molecule has 5 aromatic rings. The van der Waals surface area contributed by atoms with Crippen LogP contribution in [-0.4, -0.2) is 9.13 Å². The van der Waals surface area contributed by atoms with Crippen molar-refractivity contribution in [3.63, 3.8) is 0 Å². The molecule has 0 aliphatic heterocycles. The number of benzene rings is 3. The second-order valence-corrected chi connectivity index (χ2v) is 7.54. The molecule has 0 radical (unpaired) electrons. The Morgan fingerprint density at radius 2 is 1.45 bits per heavy atom. The highest BCUT2D eigenvalue weighted by Crippen LogP contribution is 2.32. The van der Waals surface area contributed by atoms with Crippen molar-refractivity contribution in [1.29, 1.82) is 0 Å². The summed E-state index contributed by atoms with van der Waals surface area (Å²) in [4.78, 5) is 0. The van der Waals surface area contributed by atoms with Crippen molar-refractivity contribution in [1.82, 2.24) is 9.13 Å². The lowest BCUT2D eigenvalue weighted by molar-refractivity contribution is -0.671. The topological polar surface area (TPSA) is 13.7 Å². The molecule has 0 aliphatic carbocycles. The molecule has 3 nitrogen and oxygen atoms in total. The first-order valence-electron chi connectivity index (χ1n) is 9.95. The van der Waals surface area contributed by atoms with E-state index in [1.807, 2.05) is 0 Å². The van der Waals surface area contributed by atoms with E-state index in [2.05, 4.69) is 126 Å². The third-order valence-electron chi connectivity index (χ3n) is 5.78. The number of aromatic nitrogens is 3. The summed E-state index contributed by atoms with van der Waals surface area (Å²) in [7, 11) is 2.14. The van der Waals surface area contributed by atoms with Gasteiger partial charge >= 0.3 is 0 Å². The highest BCUT2D eigenvalue weighted by Gasteiger charge is 2.25. The van der Waals surface area contributed by atoms with Crippen molar-refractivity contribution >= 4 is 10.9 Å². The van der Waals surface area contributed by atoms with Gasteiger partial charge in [0.25, 0.3) is 5.82 Å². The van der Waals surface area contributed by atoms with Crippen molar-refractivity contribution in [2.45, 2.75) is 13.8 Å². The largest absolute Gasteiger partial charge is 0.265 e. The second-order valence-electron chi connectivity index (χ2n) is 7.54. The summed E-state index contributed by atoms with van der Waals surface area (Å²) in [5.41, 5.74) is 6.12. The maximum absolute atomic E-state index is 2.40. The Hall–Kier alpha value is -3.59. The summed E-state index contributed by atoms with van der Waals surface area (Å²) in [6.07, 6.45) is 2.24. The van der Waals surface area contributed by atoms with Crippen LogP contribution in [0.25, 0.3) is 33.7 Å². The van der Waals surface area contributed by atoms with Crippen LogP contribution in [0.5, 0.6) is 0 Å². The number of hydrogen-bond donors (Lipinski definition) is 0. The van der Waals surface area contributed by atoms with E-state index >= 15 is 0 Å². The van der Waals surface area contributed by atoms with Gasteiger partial charge in [-0.25, -0.2) is 13.7 Å². The first-order valence-corrected chi connectivity index (χ1v) is 9.95. The van der Waals surface area contributed by atoms with Gasteiger partial charge in [0, 0.05) is 17.9 Å². The van der Waals surface area contributed by atoms with Gasteiger partial charge in [-0.2, -0.15) is 0 Å². The number of rotatable bonds is 3. The van der Waals surface area contributed by atoms with Gasteiger partial charge in [-0.1, -0.05) is 66.7 Å². The smallest absolute Gasteiger partial charge is 0.236 e. The number of nitrogens with zero attached hydrogens (tertiary/aromatic N) is 3. The zero-order chi connectivity index (χ0) is 20.0. The molecule has 0 bridgehead atoms. The number of fused-ring (bicyclic) bond motifs is 1. The first-order chi connectivity index (χ1) is 14.1. The minimum absolute atomic E-state index is 1.15. The molecule has 0 saturated heterocycles. The maximum atomic E-state index is 2.40. The molecular formula is C26H24N3+. The Morgan fingerprint density at radius 3 is 2.17 bits per heavy atom. The van der Waals surface area contributed by atoms with E-state index in [0.717, 1.165) is 5.82 Å². The van der Waals surface area contributed by atoms with Crippen LogP contribution < -0.4 is 4.57 Å². The van der Waals surface area contributed by atoms with E-state index in [1.165, 1.54) is 39.2 Å². The Labute approximate surface area is 171 Å². The van der Waals surface area contributed by atoms with Crippen molar-refractivity contribution in [2.24, 2.45) is 7.05 Å². The highest BCUT2D eigenvalue weighted by atomic mass is 15.2. The molecule has 142 valence electrons. The predicted octanol–water partition coefficient (Wildman–Crippen LogP) is 5.53. The predicted molar refractivity (Wildman–Crippen MR) is 119 cm³/mol. The van der Waals surface area contributed by atoms with E-state index in [9.17, 15) is 0 Å². The first kappa shape index (κ1) is 17.5. The maximum Gasteiger partial charge on any atom is 0.265 e. The number of imidazole rings is 1. The molecule has 0 fully saturated rings. The van der Waals surface area contributed by atoms with Crippen LogP contribution in [0, 0.1) is 13.8 Å². The Balaban J connectivity index is 1.84. The van der Waals surface area contributed by atoms with E-state index < -0.39 is 0 Å². The molecule has 0 aliphatic rings. The highest BCUT2D eigenvalue weighted by molar-refractivity contribution is 5.90. The van der Waals surface area contributed by atoms with E-state index in [4.69, 9.17) is 0 Å². The normalized spacial score (nSPS) is 11.3. The Kier molecular flexibility index (Phi) is 4.09. The van der Waals surface area contributed by atoms with Crippen LogP contribution in [0.15, 0.2) is 91.1 Å². The minimum atomic E-state index is 1.15. The lowest BCUT2D eigenvalue weighted by Crippen LogP contribution is -2.35. The summed E-state index contributed by atoms with van der Waals surface area (Å²) in [6, 6.07) is 30.0. The summed E-state index contributed by atoms with van der Waals surface area (Å²) < 4.78 is 6.92. The van der Waals surface area contributed by atoms with Crippen molar-refractivity contribution in [3.8, 4) is 22.8 Å². The average molecular weight is 378 g/mol. The molecule has 0 saturated carbocycles. The molecule has 2 aromatic heterocycles. The van der Waals surface area contributed by atoms with Gasteiger partial charge in [0.2, 0.25) is 5.82 Å². The Bertz CT molecular complexity index is 1310. The Morgan fingerprint density at radius 1 is 0.759 bits per heavy atom. The van der Waals surface area contributed by atoms with Crippen LogP contribution in [0.1, 0.15) is 11.4 Å². The van der Waals surface area contributed by atoms with E-state index in [-0.39, 0.29) is 0 Å². The molecule has 0 N–H and O–H groups in total. The quantitative estimate of drug-likeness (QED) is 0.367. The molecule has 3 aromatic carbocycles. The fourth-order valence-electron chi connectivity index (χ4n) is 4.18. The zero-order valence-electron chi connectivity index (χ0n) is 17.0. The zero-order valence-corrected chi connectivity index (χ0v) is 17.0. The third-order valence-corrected chi connectivity index (χ3v) is 5.78. The molecule has 29 heavy (non-hydrogen) atoms. The van der Waals surface area contributed by atoms with Gasteiger partial charge in [-0.3, -0.25) is 0 Å². The fourth-order valence-corrected chi connectivity index (χ4v) is 4.18. The molecular weight excluding hydrogens is 354 g/mol. The van der Waals surface area contributed by atoms with Gasteiger partial charge in [0.05, 0.1) is 7.05 Å². The molecule has 3 heteroatoms. The molecule has 2 heterocycles. The van der Waals surface area contributed by atoms with Crippen LogP contribution >= 0.6 is 0 Å². The van der Waals surface area contributed by atoms with Gasteiger partial charge in [-0.15, -0.1) is 0 Å². The summed E-state index contributed by atoms with van der Waals surface area (Å²) in [5, 5.41) is 1.26. The van der Waals surface area contributed by atoms with Gasteiger partial charge in [-0.05, 0) is 30.7 Å². The van der Waals surface area contributed by atoms with Crippen LogP contribution in [0.3, 0.4) is 0 Å². The average Bonchev–Trinajstić information content (AvgIpc) is 3.28. The summed E-state index contributed by atoms with van der Waals surface area (Å²) in [5.74, 6) is 2.33. The number of hydrogen-bond acceptors (Lipinski definition) is 0. The van der Waals surface area contributed by atoms with Crippen LogP contribution in [0.4, 0.5) is 0 Å². The lowest BCUT2D eigenvalue weighted by atomic mass is 10.1. The standard InChI is InChI=1S/C26H24N3/c1-19-11-10-14-22-17-24(21-12-6-4-7-13-21)29(26(19)22)25-18-28(20(2)27(25)3)23-15-8-5-9-16-23/h4-18H,1-3H3/q+1. The SMILES string of the molecule is Cc1cccc2cc(-c3ccccc3)n(-c3cn(-c4ccccc4)c(C)[n+]3C)c12. The molecule has 0 spiro atoms. The van der Waals surface area contributed by atoms with Crippen LogP contribution in [-0.2, 0) is 7.05 Å². The molecule has 0 unspecified atom stereocenters.